The topological polar surface area (TPSA) is 35.2 Å². The molecule has 0 unspecified atom stereocenters. The monoisotopic (exact) mass is 127 g/mol. The van der Waals surface area contributed by atoms with Gasteiger partial charge in [0.25, 0.3) is 0 Å². The third kappa shape index (κ3) is 0.970. The van der Waals surface area contributed by atoms with Gasteiger partial charge >= 0.3 is 0 Å². The lowest BCUT2D eigenvalue weighted by Gasteiger charge is -2.05. The molecule has 1 aliphatic carbocycles. The number of nitrogens with two attached hydrogens (primary N) is 1. The lowest BCUT2D eigenvalue weighted by molar-refractivity contribution is 0.0927. The van der Waals surface area contributed by atoms with Crippen LogP contribution >= 0.6 is 0 Å². The SMILES string of the molecule is N[C@H]1C[C@H]1[C@H]1CCCO1. The molecule has 3 atom stereocenters. The molecule has 0 bridgehead atoms. The highest BCUT2D eigenvalue weighted by Crippen LogP contribution is 2.37. The third-order valence-electron chi connectivity index (χ3n) is 2.33. The van der Waals surface area contributed by atoms with E-state index in [1.54, 1.807) is 0 Å². The molecule has 2 N–H and O–H groups in total. The third-order valence-corrected chi connectivity index (χ3v) is 2.33. The van der Waals surface area contributed by atoms with E-state index in [1.807, 2.05) is 0 Å². The largest absolute Gasteiger partial charge is 0.378 e. The van der Waals surface area contributed by atoms with Crippen LogP contribution in [0.5, 0.6) is 0 Å². The molecule has 2 nitrogen and oxygen atoms in total. The maximum absolute atomic E-state index is 5.67. The lowest BCUT2D eigenvalue weighted by atomic mass is 10.1. The fourth-order valence-electron chi connectivity index (χ4n) is 1.60. The standard InChI is InChI=1S/C7H13NO/c8-6-4-5(6)7-2-1-3-9-7/h5-7H,1-4,8H2/t5-,6+,7-/m1/s1. The molecule has 0 radical (unpaired) electrons. The zero-order chi connectivity index (χ0) is 6.27. The first-order valence-electron chi connectivity index (χ1n) is 3.75. The van der Waals surface area contributed by atoms with E-state index in [0.29, 0.717) is 18.1 Å². The molecule has 1 saturated carbocycles. The van der Waals surface area contributed by atoms with Crippen molar-refractivity contribution < 1.29 is 4.74 Å². The van der Waals surface area contributed by atoms with Crippen LogP contribution in [0.1, 0.15) is 19.3 Å². The van der Waals surface area contributed by atoms with E-state index in [9.17, 15) is 0 Å². The Balaban J connectivity index is 1.85. The predicted octanol–water partition coefficient (Wildman–Crippen LogP) is 0.513. The van der Waals surface area contributed by atoms with Crippen molar-refractivity contribution in [3.8, 4) is 0 Å². The van der Waals surface area contributed by atoms with Gasteiger partial charge in [0.15, 0.2) is 0 Å². The van der Waals surface area contributed by atoms with Gasteiger partial charge in [-0.1, -0.05) is 0 Å². The maximum atomic E-state index is 5.67. The van der Waals surface area contributed by atoms with E-state index in [4.69, 9.17) is 10.5 Å². The van der Waals surface area contributed by atoms with E-state index in [-0.39, 0.29) is 0 Å². The van der Waals surface area contributed by atoms with Gasteiger partial charge in [-0.25, -0.2) is 0 Å². The Morgan fingerprint density at radius 1 is 1.44 bits per heavy atom. The average molecular weight is 127 g/mol. The molecule has 1 saturated heterocycles. The molecular weight excluding hydrogens is 114 g/mol. The fourth-order valence-corrected chi connectivity index (χ4v) is 1.60. The van der Waals surface area contributed by atoms with Gasteiger partial charge in [0.05, 0.1) is 6.10 Å². The minimum absolute atomic E-state index is 0.466. The van der Waals surface area contributed by atoms with Crippen LogP contribution in [0.15, 0.2) is 0 Å². The summed E-state index contributed by atoms with van der Waals surface area (Å²) in [5.41, 5.74) is 5.67. The van der Waals surface area contributed by atoms with Gasteiger partial charge in [-0.2, -0.15) is 0 Å². The number of hydrogen-bond donors (Lipinski definition) is 1. The quantitative estimate of drug-likeness (QED) is 0.557. The molecule has 0 aromatic heterocycles. The van der Waals surface area contributed by atoms with Gasteiger partial charge in [0.1, 0.15) is 0 Å². The highest BCUT2D eigenvalue weighted by Gasteiger charge is 2.41. The molecular formula is C7H13NO. The van der Waals surface area contributed by atoms with Crippen LogP contribution in [-0.2, 0) is 4.74 Å². The molecule has 1 aliphatic heterocycles. The summed E-state index contributed by atoms with van der Waals surface area (Å²) in [7, 11) is 0. The van der Waals surface area contributed by atoms with Crippen LogP contribution in [0.25, 0.3) is 0 Å². The second-order valence-electron chi connectivity index (χ2n) is 3.11. The Morgan fingerprint density at radius 3 is 2.67 bits per heavy atom. The van der Waals surface area contributed by atoms with Crippen LogP contribution < -0.4 is 5.73 Å². The van der Waals surface area contributed by atoms with E-state index in [1.165, 1.54) is 19.3 Å². The van der Waals surface area contributed by atoms with Crippen molar-refractivity contribution in [1.29, 1.82) is 0 Å². The second kappa shape index (κ2) is 1.96. The molecule has 2 fully saturated rings. The summed E-state index contributed by atoms with van der Waals surface area (Å²) in [6.45, 7) is 0.966. The number of rotatable bonds is 1. The molecule has 9 heavy (non-hydrogen) atoms. The number of ether oxygens (including phenoxy) is 1. The van der Waals surface area contributed by atoms with Gasteiger partial charge in [-0.15, -0.1) is 0 Å². The van der Waals surface area contributed by atoms with Crippen molar-refractivity contribution in [2.45, 2.75) is 31.4 Å². The van der Waals surface area contributed by atoms with Crippen LogP contribution in [0.2, 0.25) is 0 Å². The highest BCUT2D eigenvalue weighted by atomic mass is 16.5. The summed E-state index contributed by atoms with van der Waals surface area (Å²) in [5, 5.41) is 0. The van der Waals surface area contributed by atoms with Crippen LogP contribution in [-0.4, -0.2) is 18.8 Å². The highest BCUT2D eigenvalue weighted by molar-refractivity contribution is 4.96. The van der Waals surface area contributed by atoms with Crippen molar-refractivity contribution in [2.24, 2.45) is 11.7 Å². The Kier molecular flexibility index (Phi) is 1.24. The fraction of sp³-hybridized carbons (Fsp3) is 1.00. The zero-order valence-electron chi connectivity index (χ0n) is 5.55. The van der Waals surface area contributed by atoms with Crippen molar-refractivity contribution in [1.82, 2.24) is 0 Å². The first kappa shape index (κ1) is 5.69. The predicted molar refractivity (Wildman–Crippen MR) is 35.1 cm³/mol. The van der Waals surface area contributed by atoms with Crippen molar-refractivity contribution in [3.63, 3.8) is 0 Å². The van der Waals surface area contributed by atoms with Gasteiger partial charge in [-0.05, 0) is 19.3 Å². The van der Waals surface area contributed by atoms with Crippen LogP contribution in [0.4, 0.5) is 0 Å². The molecule has 52 valence electrons. The smallest absolute Gasteiger partial charge is 0.0619 e. The Hall–Kier alpha value is -0.0800. The van der Waals surface area contributed by atoms with Gasteiger partial charge in [0.2, 0.25) is 0 Å². The Morgan fingerprint density at radius 2 is 2.22 bits per heavy atom. The van der Waals surface area contributed by atoms with Gasteiger partial charge < -0.3 is 10.5 Å². The Labute approximate surface area is 55.4 Å². The van der Waals surface area contributed by atoms with Gasteiger partial charge in [-0.3, -0.25) is 0 Å². The summed E-state index contributed by atoms with van der Waals surface area (Å²) in [6.07, 6.45) is 4.22. The van der Waals surface area contributed by atoms with Crippen molar-refractivity contribution in [2.75, 3.05) is 6.61 Å². The molecule has 0 aromatic rings. The minimum atomic E-state index is 0.466. The summed E-state index contributed by atoms with van der Waals surface area (Å²) in [5.74, 6) is 0.715. The van der Waals surface area contributed by atoms with Crippen LogP contribution in [0.3, 0.4) is 0 Å². The van der Waals surface area contributed by atoms with Gasteiger partial charge in [0, 0.05) is 18.6 Å². The molecule has 2 rings (SSSR count). The van der Waals surface area contributed by atoms with E-state index < -0.39 is 0 Å². The normalized spacial score (nSPS) is 49.7. The summed E-state index contributed by atoms with van der Waals surface area (Å²) in [4.78, 5) is 0. The summed E-state index contributed by atoms with van der Waals surface area (Å²) < 4.78 is 5.47. The summed E-state index contributed by atoms with van der Waals surface area (Å²) in [6, 6.07) is 0.466. The zero-order valence-corrected chi connectivity index (χ0v) is 5.55. The van der Waals surface area contributed by atoms with Crippen molar-refractivity contribution in [3.05, 3.63) is 0 Å². The first-order valence-corrected chi connectivity index (χ1v) is 3.75. The molecule has 2 heteroatoms. The maximum Gasteiger partial charge on any atom is 0.0619 e. The molecule has 0 spiro atoms. The second-order valence-corrected chi connectivity index (χ2v) is 3.11. The molecule has 1 heterocycles. The van der Waals surface area contributed by atoms with Crippen LogP contribution in [0, 0.1) is 5.92 Å². The molecule has 0 amide bonds. The minimum Gasteiger partial charge on any atom is -0.378 e. The van der Waals surface area contributed by atoms with E-state index >= 15 is 0 Å². The average Bonchev–Trinajstić information content (AvgIpc) is 2.44. The molecule has 2 aliphatic rings. The summed E-state index contributed by atoms with van der Waals surface area (Å²) >= 11 is 0. The van der Waals surface area contributed by atoms with E-state index in [0.717, 1.165) is 6.61 Å². The Bertz CT molecular complexity index is 109. The van der Waals surface area contributed by atoms with E-state index in [2.05, 4.69) is 0 Å². The first-order chi connectivity index (χ1) is 4.38. The molecule has 0 aromatic carbocycles. The lowest BCUT2D eigenvalue weighted by Crippen LogP contribution is -2.14. The number of hydrogen-bond acceptors (Lipinski definition) is 2. The van der Waals surface area contributed by atoms with Crippen molar-refractivity contribution >= 4 is 0 Å².